The second kappa shape index (κ2) is 6.87. The maximum atomic E-state index is 13.1. The summed E-state index contributed by atoms with van der Waals surface area (Å²) < 4.78 is 5.60. The molecular weight excluding hydrogens is 302 g/mol. The van der Waals surface area contributed by atoms with Crippen LogP contribution in [-0.2, 0) is 9.53 Å². The van der Waals surface area contributed by atoms with E-state index in [9.17, 15) is 9.59 Å². The third-order valence-electron chi connectivity index (χ3n) is 4.54. The highest BCUT2D eigenvalue weighted by Gasteiger charge is 2.47. The summed E-state index contributed by atoms with van der Waals surface area (Å²) in [5.41, 5.74) is 1.37. The minimum absolute atomic E-state index is 0.0267. The second-order valence-corrected chi connectivity index (χ2v) is 6.11. The molecule has 1 saturated heterocycles. The Labute approximate surface area is 142 Å². The fourth-order valence-electron chi connectivity index (χ4n) is 3.03. The van der Waals surface area contributed by atoms with Gasteiger partial charge in [-0.15, -0.1) is 0 Å². The van der Waals surface area contributed by atoms with E-state index in [1.807, 2.05) is 62.4 Å². The van der Waals surface area contributed by atoms with Gasteiger partial charge >= 0.3 is 5.97 Å². The van der Waals surface area contributed by atoms with Crippen molar-refractivity contribution in [2.75, 3.05) is 0 Å². The molecule has 0 N–H and O–H groups in total. The van der Waals surface area contributed by atoms with Crippen LogP contribution in [0.2, 0.25) is 0 Å². The Morgan fingerprint density at radius 1 is 1.08 bits per heavy atom. The second-order valence-electron chi connectivity index (χ2n) is 6.11. The van der Waals surface area contributed by atoms with Crippen molar-refractivity contribution in [1.82, 2.24) is 4.90 Å². The molecular formula is C20H21NO3. The smallest absolute Gasteiger partial charge is 0.331 e. The summed E-state index contributed by atoms with van der Waals surface area (Å²) in [4.78, 5) is 27.2. The summed E-state index contributed by atoms with van der Waals surface area (Å²) in [6.45, 7) is 3.99. The Balaban J connectivity index is 2.03. The average molecular weight is 323 g/mol. The van der Waals surface area contributed by atoms with Crippen molar-refractivity contribution < 1.29 is 14.3 Å². The zero-order valence-electron chi connectivity index (χ0n) is 13.9. The summed E-state index contributed by atoms with van der Waals surface area (Å²) in [6.07, 6.45) is 0.116. The van der Waals surface area contributed by atoms with Gasteiger partial charge < -0.3 is 4.74 Å². The molecule has 0 radical (unpaired) electrons. The van der Waals surface area contributed by atoms with Crippen LogP contribution in [0, 0.1) is 5.92 Å². The van der Waals surface area contributed by atoms with Crippen LogP contribution in [0.3, 0.4) is 0 Å². The zero-order valence-corrected chi connectivity index (χ0v) is 13.9. The van der Waals surface area contributed by atoms with E-state index < -0.39 is 12.3 Å². The monoisotopic (exact) mass is 323 g/mol. The number of hydrogen-bond donors (Lipinski definition) is 0. The van der Waals surface area contributed by atoms with E-state index in [4.69, 9.17) is 4.74 Å². The van der Waals surface area contributed by atoms with Crippen molar-refractivity contribution in [1.29, 1.82) is 0 Å². The Kier molecular flexibility index (Phi) is 4.65. The molecule has 3 atom stereocenters. The molecule has 1 aliphatic rings. The lowest BCUT2D eigenvalue weighted by Gasteiger charge is -2.29. The molecule has 2 aromatic rings. The molecule has 1 fully saturated rings. The first kappa shape index (κ1) is 16.2. The van der Waals surface area contributed by atoms with E-state index in [1.54, 1.807) is 17.0 Å². The average Bonchev–Trinajstić information content (AvgIpc) is 2.99. The fourth-order valence-corrected chi connectivity index (χ4v) is 3.03. The molecule has 0 unspecified atom stereocenters. The van der Waals surface area contributed by atoms with Crippen LogP contribution in [0.5, 0.6) is 0 Å². The van der Waals surface area contributed by atoms with Crippen LogP contribution in [-0.4, -0.2) is 22.8 Å². The van der Waals surface area contributed by atoms with Gasteiger partial charge in [-0.3, -0.25) is 9.69 Å². The number of cyclic esters (lactones) is 1. The SMILES string of the molecule is CC[C@@H](C)[C@H]1C(=O)O[C@@H](c2ccccc2)N1C(=O)c1ccccc1. The van der Waals surface area contributed by atoms with E-state index in [1.165, 1.54) is 0 Å². The largest absolute Gasteiger partial charge is 0.435 e. The Morgan fingerprint density at radius 3 is 2.25 bits per heavy atom. The normalized spacial score (nSPS) is 21.4. The third-order valence-corrected chi connectivity index (χ3v) is 4.54. The standard InChI is InChI=1S/C20H21NO3/c1-3-14(2)17-20(23)24-19(16-12-8-5-9-13-16)21(17)18(22)15-10-6-4-7-11-15/h4-14,17,19H,3H2,1-2H3/t14-,17+,19+/m1/s1. The van der Waals surface area contributed by atoms with E-state index in [2.05, 4.69) is 0 Å². The van der Waals surface area contributed by atoms with Crippen LogP contribution < -0.4 is 0 Å². The van der Waals surface area contributed by atoms with Crippen LogP contribution in [0.4, 0.5) is 0 Å². The van der Waals surface area contributed by atoms with Crippen LogP contribution in [0.25, 0.3) is 0 Å². The molecule has 1 amide bonds. The Bertz CT molecular complexity index is 714. The topological polar surface area (TPSA) is 46.6 Å². The van der Waals surface area contributed by atoms with Gasteiger partial charge in [0.2, 0.25) is 6.23 Å². The van der Waals surface area contributed by atoms with Gasteiger partial charge in [0.15, 0.2) is 0 Å². The van der Waals surface area contributed by atoms with Gasteiger partial charge in [0.1, 0.15) is 6.04 Å². The minimum atomic E-state index is -0.676. The molecule has 1 heterocycles. The highest BCUT2D eigenvalue weighted by Crippen LogP contribution is 2.36. The predicted molar refractivity (Wildman–Crippen MR) is 91.1 cm³/mol. The number of ether oxygens (including phenoxy) is 1. The number of rotatable bonds is 4. The molecule has 0 spiro atoms. The quantitative estimate of drug-likeness (QED) is 0.804. The summed E-state index contributed by atoms with van der Waals surface area (Å²) in [6, 6.07) is 17.9. The van der Waals surface area contributed by atoms with Gasteiger partial charge in [0.05, 0.1) is 0 Å². The summed E-state index contributed by atoms with van der Waals surface area (Å²) in [7, 11) is 0. The first-order valence-electron chi connectivity index (χ1n) is 8.26. The molecule has 24 heavy (non-hydrogen) atoms. The number of nitrogens with zero attached hydrogens (tertiary/aromatic N) is 1. The molecule has 1 aliphatic heterocycles. The third kappa shape index (κ3) is 2.92. The minimum Gasteiger partial charge on any atom is -0.435 e. The van der Waals surface area contributed by atoms with E-state index >= 15 is 0 Å². The van der Waals surface area contributed by atoms with Crippen molar-refractivity contribution in [3.8, 4) is 0 Å². The van der Waals surface area contributed by atoms with Crippen molar-refractivity contribution in [3.63, 3.8) is 0 Å². The van der Waals surface area contributed by atoms with E-state index in [-0.39, 0.29) is 17.8 Å². The molecule has 0 bridgehead atoms. The molecule has 0 saturated carbocycles. The maximum Gasteiger partial charge on any atom is 0.331 e. The van der Waals surface area contributed by atoms with Crippen LogP contribution in [0.15, 0.2) is 60.7 Å². The van der Waals surface area contributed by atoms with E-state index in [0.29, 0.717) is 5.56 Å². The Morgan fingerprint density at radius 2 is 1.67 bits per heavy atom. The summed E-state index contributed by atoms with van der Waals surface area (Å²) in [5.74, 6) is -0.484. The lowest BCUT2D eigenvalue weighted by molar-refractivity contribution is -0.143. The molecule has 0 aliphatic carbocycles. The van der Waals surface area contributed by atoms with Gasteiger partial charge in [-0.1, -0.05) is 68.8 Å². The number of hydrogen-bond acceptors (Lipinski definition) is 3. The van der Waals surface area contributed by atoms with Gasteiger partial charge in [0.25, 0.3) is 5.91 Å². The molecule has 4 nitrogen and oxygen atoms in total. The Hall–Kier alpha value is -2.62. The van der Waals surface area contributed by atoms with Crippen molar-refractivity contribution in [3.05, 3.63) is 71.8 Å². The van der Waals surface area contributed by atoms with Crippen LogP contribution >= 0.6 is 0 Å². The number of benzene rings is 2. The molecule has 2 aromatic carbocycles. The van der Waals surface area contributed by atoms with Gasteiger partial charge in [-0.05, 0) is 18.1 Å². The van der Waals surface area contributed by atoms with E-state index in [0.717, 1.165) is 12.0 Å². The van der Waals surface area contributed by atoms with Gasteiger partial charge in [0, 0.05) is 11.1 Å². The first-order chi connectivity index (χ1) is 11.6. The summed E-state index contributed by atoms with van der Waals surface area (Å²) in [5, 5.41) is 0. The number of carbonyl (C=O) groups excluding carboxylic acids is 2. The van der Waals surface area contributed by atoms with Crippen molar-refractivity contribution in [2.45, 2.75) is 32.5 Å². The number of carbonyl (C=O) groups is 2. The lowest BCUT2D eigenvalue weighted by atomic mass is 9.97. The highest BCUT2D eigenvalue weighted by molar-refractivity contribution is 5.98. The lowest BCUT2D eigenvalue weighted by Crippen LogP contribution is -2.43. The molecule has 4 heteroatoms. The molecule has 0 aromatic heterocycles. The molecule has 124 valence electrons. The van der Waals surface area contributed by atoms with Gasteiger partial charge in [-0.25, -0.2) is 4.79 Å². The van der Waals surface area contributed by atoms with Crippen molar-refractivity contribution >= 4 is 11.9 Å². The number of amides is 1. The van der Waals surface area contributed by atoms with Crippen LogP contribution in [0.1, 0.15) is 42.4 Å². The highest BCUT2D eigenvalue weighted by atomic mass is 16.6. The zero-order chi connectivity index (χ0) is 17.1. The maximum absolute atomic E-state index is 13.1. The summed E-state index contributed by atoms with van der Waals surface area (Å²) >= 11 is 0. The molecule has 3 rings (SSSR count). The number of esters is 1. The fraction of sp³-hybridized carbons (Fsp3) is 0.300. The van der Waals surface area contributed by atoms with Gasteiger partial charge in [-0.2, -0.15) is 0 Å². The predicted octanol–water partition coefficient (Wildman–Crippen LogP) is 3.80. The van der Waals surface area contributed by atoms with Crippen molar-refractivity contribution in [2.24, 2.45) is 5.92 Å². The first-order valence-corrected chi connectivity index (χ1v) is 8.26.